The quantitative estimate of drug-likeness (QED) is 0.468. The van der Waals surface area contributed by atoms with Gasteiger partial charge in [-0.05, 0) is 26.3 Å². The predicted octanol–water partition coefficient (Wildman–Crippen LogP) is 2.80. The van der Waals surface area contributed by atoms with Gasteiger partial charge in [0.15, 0.2) is 5.65 Å². The first-order chi connectivity index (χ1) is 16.0. The van der Waals surface area contributed by atoms with E-state index in [0.29, 0.717) is 17.8 Å². The van der Waals surface area contributed by atoms with Crippen molar-refractivity contribution in [3.05, 3.63) is 48.8 Å². The fourth-order valence-corrected chi connectivity index (χ4v) is 3.89. The molecule has 1 unspecified atom stereocenters. The highest BCUT2D eigenvalue weighted by molar-refractivity contribution is 5.95. The number of nitrogens with one attached hydrogen (secondary N) is 2. The summed E-state index contributed by atoms with van der Waals surface area (Å²) in [6.45, 7) is 5.56. The second-order valence-electron chi connectivity index (χ2n) is 8.38. The van der Waals surface area contributed by atoms with Crippen molar-refractivity contribution in [1.82, 2.24) is 34.7 Å². The van der Waals surface area contributed by atoms with E-state index in [9.17, 15) is 4.79 Å². The fraction of sp³-hybridized carbons (Fsp3) is 0.348. The van der Waals surface area contributed by atoms with E-state index in [0.717, 1.165) is 41.1 Å². The normalized spacial score (nSPS) is 15.9. The minimum atomic E-state index is -0.193. The molecule has 0 saturated carbocycles. The number of carbonyl (C=O) groups excluding carboxylic acids is 1. The number of fused-ring (bicyclic) bond motifs is 1. The van der Waals surface area contributed by atoms with Gasteiger partial charge in [-0.3, -0.25) is 14.5 Å². The third kappa shape index (κ3) is 4.05. The first-order valence-electron chi connectivity index (χ1n) is 11.0. The summed E-state index contributed by atoms with van der Waals surface area (Å²) in [5, 5.41) is 15.2. The molecule has 1 amide bonds. The lowest BCUT2D eigenvalue weighted by molar-refractivity contribution is 0.0962. The van der Waals surface area contributed by atoms with Crippen LogP contribution in [0.15, 0.2) is 43.2 Å². The Bertz CT molecular complexity index is 1300. The molecular formula is C23H26N8O2. The van der Waals surface area contributed by atoms with Crippen molar-refractivity contribution < 1.29 is 9.53 Å². The average molecular weight is 447 g/mol. The highest BCUT2D eigenvalue weighted by Crippen LogP contribution is 2.32. The molecule has 2 N–H and O–H groups in total. The molecule has 0 aliphatic carbocycles. The highest BCUT2D eigenvalue weighted by Gasteiger charge is 2.21. The van der Waals surface area contributed by atoms with E-state index in [1.165, 1.54) is 0 Å². The van der Waals surface area contributed by atoms with Crippen LogP contribution in [0.3, 0.4) is 0 Å². The van der Waals surface area contributed by atoms with E-state index >= 15 is 0 Å². The molecule has 0 radical (unpaired) electrons. The van der Waals surface area contributed by atoms with Crippen LogP contribution in [0.4, 0.5) is 5.82 Å². The molecule has 5 rings (SSSR count). The van der Waals surface area contributed by atoms with E-state index < -0.39 is 0 Å². The lowest BCUT2D eigenvalue weighted by Gasteiger charge is -2.15. The maximum atomic E-state index is 12.1. The zero-order chi connectivity index (χ0) is 22.9. The van der Waals surface area contributed by atoms with E-state index in [4.69, 9.17) is 9.72 Å². The Balaban J connectivity index is 1.62. The Labute approximate surface area is 191 Å². The molecule has 1 fully saturated rings. The number of hydrogen-bond donors (Lipinski definition) is 2. The van der Waals surface area contributed by atoms with E-state index in [1.807, 2.05) is 23.3 Å². The Hall–Kier alpha value is -3.79. The first-order valence-corrected chi connectivity index (χ1v) is 11.0. The number of amides is 1. The van der Waals surface area contributed by atoms with Crippen LogP contribution in [0.25, 0.3) is 27.9 Å². The summed E-state index contributed by atoms with van der Waals surface area (Å²) in [5.74, 6) is 0.556. The van der Waals surface area contributed by atoms with E-state index in [-0.39, 0.29) is 18.0 Å². The lowest BCUT2D eigenvalue weighted by atomic mass is 10.1. The topological polar surface area (TPSA) is 111 Å². The Kier molecular flexibility index (Phi) is 5.51. The highest BCUT2D eigenvalue weighted by atomic mass is 16.5. The minimum absolute atomic E-state index is 0.184. The van der Waals surface area contributed by atoms with Gasteiger partial charge < -0.3 is 15.4 Å². The SMILES string of the molecule is CNC(=O)c1cncc(-c2cnn3cc(-c4cnn(C(C)C)c4)c(NC4CCOC4)nc23)c1. The molecule has 33 heavy (non-hydrogen) atoms. The minimum Gasteiger partial charge on any atom is -0.379 e. The molecule has 10 nitrogen and oxygen atoms in total. The molecule has 0 bridgehead atoms. The van der Waals surface area contributed by atoms with Gasteiger partial charge in [-0.1, -0.05) is 0 Å². The van der Waals surface area contributed by atoms with Crippen molar-refractivity contribution in [3.63, 3.8) is 0 Å². The second kappa shape index (κ2) is 8.62. The van der Waals surface area contributed by atoms with Crippen LogP contribution < -0.4 is 10.6 Å². The molecular weight excluding hydrogens is 420 g/mol. The number of aromatic nitrogens is 6. The van der Waals surface area contributed by atoms with Gasteiger partial charge in [0.25, 0.3) is 5.91 Å². The average Bonchev–Trinajstić information content (AvgIpc) is 3.59. The first kappa shape index (κ1) is 21.1. The van der Waals surface area contributed by atoms with Crippen LogP contribution in [-0.2, 0) is 4.74 Å². The number of carbonyl (C=O) groups is 1. The van der Waals surface area contributed by atoms with Gasteiger partial charge >= 0.3 is 0 Å². The van der Waals surface area contributed by atoms with Gasteiger partial charge in [0, 0.05) is 66.7 Å². The lowest BCUT2D eigenvalue weighted by Crippen LogP contribution is -2.20. The molecule has 10 heteroatoms. The number of anilines is 1. The number of ether oxygens (including phenoxy) is 1. The van der Waals surface area contributed by atoms with Crippen LogP contribution in [0.2, 0.25) is 0 Å². The van der Waals surface area contributed by atoms with Crippen molar-refractivity contribution in [1.29, 1.82) is 0 Å². The molecule has 1 aliphatic heterocycles. The second-order valence-corrected chi connectivity index (χ2v) is 8.38. The summed E-state index contributed by atoms with van der Waals surface area (Å²) in [6.07, 6.45) is 11.7. The number of nitrogens with zero attached hydrogens (tertiary/aromatic N) is 6. The molecule has 4 aromatic rings. The van der Waals surface area contributed by atoms with Gasteiger partial charge in [0.05, 0.1) is 30.6 Å². The summed E-state index contributed by atoms with van der Waals surface area (Å²) in [4.78, 5) is 21.3. The largest absolute Gasteiger partial charge is 0.379 e. The summed E-state index contributed by atoms with van der Waals surface area (Å²) >= 11 is 0. The standard InChI is InChI=1S/C23H26N8O2/c1-14(2)30-11-17(9-26-30)20-12-31-22(29-21(20)28-18-4-5-33-13-18)19(10-27-31)15-6-16(8-25-7-15)23(32)24-3/h6-12,14,18H,4-5,13H2,1-3H3,(H,24,32)(H,28,29). The van der Waals surface area contributed by atoms with Crippen molar-refractivity contribution >= 4 is 17.4 Å². The molecule has 5 heterocycles. The maximum Gasteiger partial charge on any atom is 0.252 e. The maximum absolute atomic E-state index is 12.1. The molecule has 0 aromatic carbocycles. The molecule has 1 saturated heterocycles. The van der Waals surface area contributed by atoms with Crippen molar-refractivity contribution in [3.8, 4) is 22.3 Å². The zero-order valence-electron chi connectivity index (χ0n) is 18.8. The van der Waals surface area contributed by atoms with Crippen LogP contribution in [0.5, 0.6) is 0 Å². The van der Waals surface area contributed by atoms with Gasteiger partial charge in [0.2, 0.25) is 0 Å². The number of rotatable bonds is 6. The van der Waals surface area contributed by atoms with Gasteiger partial charge in [-0.2, -0.15) is 10.2 Å². The van der Waals surface area contributed by atoms with Crippen LogP contribution in [0.1, 0.15) is 36.7 Å². The van der Waals surface area contributed by atoms with Gasteiger partial charge in [0.1, 0.15) is 5.82 Å². The van der Waals surface area contributed by atoms with Gasteiger partial charge in [-0.25, -0.2) is 9.50 Å². The van der Waals surface area contributed by atoms with Crippen LogP contribution in [-0.4, -0.2) is 61.6 Å². The van der Waals surface area contributed by atoms with Crippen molar-refractivity contribution in [2.45, 2.75) is 32.4 Å². The third-order valence-corrected chi connectivity index (χ3v) is 5.74. The van der Waals surface area contributed by atoms with Crippen LogP contribution >= 0.6 is 0 Å². The van der Waals surface area contributed by atoms with Crippen LogP contribution in [0, 0.1) is 0 Å². The summed E-state index contributed by atoms with van der Waals surface area (Å²) < 4.78 is 9.23. The van der Waals surface area contributed by atoms with E-state index in [2.05, 4.69) is 39.7 Å². The van der Waals surface area contributed by atoms with Crippen molar-refractivity contribution in [2.75, 3.05) is 25.6 Å². The molecule has 1 aliphatic rings. The van der Waals surface area contributed by atoms with E-state index in [1.54, 1.807) is 36.2 Å². The monoisotopic (exact) mass is 446 g/mol. The Morgan fingerprint density at radius 2 is 2.00 bits per heavy atom. The third-order valence-electron chi connectivity index (χ3n) is 5.74. The summed E-state index contributed by atoms with van der Waals surface area (Å²) in [7, 11) is 1.60. The summed E-state index contributed by atoms with van der Waals surface area (Å²) in [5.41, 5.74) is 4.59. The number of pyridine rings is 1. The number of hydrogen-bond acceptors (Lipinski definition) is 7. The van der Waals surface area contributed by atoms with Crippen molar-refractivity contribution in [2.24, 2.45) is 0 Å². The molecule has 170 valence electrons. The molecule has 0 spiro atoms. The predicted molar refractivity (Wildman–Crippen MR) is 124 cm³/mol. The summed E-state index contributed by atoms with van der Waals surface area (Å²) in [6, 6.07) is 2.23. The Morgan fingerprint density at radius 3 is 2.73 bits per heavy atom. The fourth-order valence-electron chi connectivity index (χ4n) is 3.89. The molecule has 4 aromatic heterocycles. The van der Waals surface area contributed by atoms with Gasteiger partial charge in [-0.15, -0.1) is 0 Å². The Morgan fingerprint density at radius 1 is 1.12 bits per heavy atom. The smallest absolute Gasteiger partial charge is 0.252 e. The molecule has 1 atom stereocenters. The zero-order valence-corrected chi connectivity index (χ0v) is 18.8.